The molecule has 5 nitrogen and oxygen atoms in total. The monoisotopic (exact) mass is 312 g/mol. The Hall–Kier alpha value is -0.950. The summed E-state index contributed by atoms with van der Waals surface area (Å²) in [4.78, 5) is 2.12. The lowest BCUT2D eigenvalue weighted by molar-refractivity contribution is 0.0922. The van der Waals surface area contributed by atoms with Crippen molar-refractivity contribution in [2.75, 3.05) is 39.0 Å². The second-order valence-corrected chi connectivity index (χ2v) is 7.88. The highest BCUT2D eigenvalue weighted by molar-refractivity contribution is 7.88. The minimum absolute atomic E-state index is 0.498. The van der Waals surface area contributed by atoms with Gasteiger partial charge in [0.1, 0.15) is 0 Å². The van der Waals surface area contributed by atoms with Crippen molar-refractivity contribution in [3.8, 4) is 0 Å². The largest absolute Gasteiger partial charge is 0.387 e. The summed E-state index contributed by atoms with van der Waals surface area (Å²) in [5.74, 6) is 0. The Bertz CT molecular complexity index is 573. The highest BCUT2D eigenvalue weighted by atomic mass is 32.2. The molecule has 1 atom stereocenters. The number of aryl methyl sites for hydroxylation is 2. The van der Waals surface area contributed by atoms with E-state index in [0.29, 0.717) is 32.7 Å². The first-order valence-corrected chi connectivity index (χ1v) is 9.04. The van der Waals surface area contributed by atoms with Gasteiger partial charge < -0.3 is 5.11 Å². The average Bonchev–Trinajstić information content (AvgIpc) is 2.37. The Morgan fingerprint density at radius 2 is 1.62 bits per heavy atom. The molecular weight excluding hydrogens is 288 g/mol. The standard InChI is InChI=1S/C15H24N2O3S/c1-12-8-13(2)10-14(9-12)15(18)11-16-4-6-17(7-5-16)21(3,19)20/h8-10,15,18H,4-7,11H2,1-3H3. The van der Waals surface area contributed by atoms with E-state index >= 15 is 0 Å². The molecule has 6 heteroatoms. The molecule has 0 saturated carbocycles. The zero-order valence-electron chi connectivity index (χ0n) is 12.9. The third-order valence-corrected chi connectivity index (χ3v) is 5.16. The van der Waals surface area contributed by atoms with Crippen molar-refractivity contribution in [2.45, 2.75) is 20.0 Å². The van der Waals surface area contributed by atoms with Gasteiger partial charge in [-0.05, 0) is 19.4 Å². The van der Waals surface area contributed by atoms with Crippen LogP contribution in [0.25, 0.3) is 0 Å². The number of benzene rings is 1. The van der Waals surface area contributed by atoms with Crippen LogP contribution >= 0.6 is 0 Å². The number of β-amino-alcohol motifs (C(OH)–C–C–N with tert-alkyl or cyclic N) is 1. The van der Waals surface area contributed by atoms with Gasteiger partial charge in [0, 0.05) is 32.7 Å². The van der Waals surface area contributed by atoms with E-state index in [1.807, 2.05) is 26.0 Å². The zero-order valence-corrected chi connectivity index (χ0v) is 13.7. The molecule has 0 spiro atoms. The maximum atomic E-state index is 11.5. The molecule has 1 fully saturated rings. The molecule has 118 valence electrons. The summed E-state index contributed by atoms with van der Waals surface area (Å²) in [6.45, 7) is 6.91. The van der Waals surface area contributed by atoms with E-state index in [2.05, 4.69) is 11.0 Å². The maximum Gasteiger partial charge on any atom is 0.211 e. The van der Waals surface area contributed by atoms with Crippen molar-refractivity contribution >= 4 is 10.0 Å². The first-order chi connectivity index (χ1) is 9.75. The van der Waals surface area contributed by atoms with Crippen LogP contribution in [-0.4, -0.2) is 61.7 Å². The smallest absolute Gasteiger partial charge is 0.211 e. The summed E-state index contributed by atoms with van der Waals surface area (Å²) >= 11 is 0. The van der Waals surface area contributed by atoms with E-state index in [1.54, 1.807) is 0 Å². The van der Waals surface area contributed by atoms with Gasteiger partial charge in [-0.15, -0.1) is 0 Å². The van der Waals surface area contributed by atoms with Crippen LogP contribution in [0.1, 0.15) is 22.8 Å². The van der Waals surface area contributed by atoms with Gasteiger partial charge in [0.05, 0.1) is 12.4 Å². The van der Waals surface area contributed by atoms with Gasteiger partial charge in [-0.3, -0.25) is 4.90 Å². The van der Waals surface area contributed by atoms with Crippen LogP contribution in [0.15, 0.2) is 18.2 Å². The second kappa shape index (κ2) is 6.44. The summed E-state index contributed by atoms with van der Waals surface area (Å²) in [5.41, 5.74) is 3.22. The SMILES string of the molecule is Cc1cc(C)cc(C(O)CN2CCN(S(C)(=O)=O)CC2)c1. The fraction of sp³-hybridized carbons (Fsp3) is 0.600. The van der Waals surface area contributed by atoms with E-state index in [4.69, 9.17) is 0 Å². The zero-order chi connectivity index (χ0) is 15.6. The van der Waals surface area contributed by atoms with Crippen molar-refractivity contribution < 1.29 is 13.5 Å². The highest BCUT2D eigenvalue weighted by Crippen LogP contribution is 2.19. The molecular formula is C15H24N2O3S. The molecule has 1 aliphatic rings. The molecule has 1 heterocycles. The molecule has 0 aromatic heterocycles. The molecule has 1 aromatic rings. The van der Waals surface area contributed by atoms with Crippen molar-refractivity contribution in [2.24, 2.45) is 0 Å². The number of sulfonamides is 1. The van der Waals surface area contributed by atoms with Crippen LogP contribution in [0.4, 0.5) is 0 Å². The van der Waals surface area contributed by atoms with E-state index in [0.717, 1.165) is 16.7 Å². The van der Waals surface area contributed by atoms with Crippen LogP contribution in [0.5, 0.6) is 0 Å². The Balaban J connectivity index is 1.94. The molecule has 1 saturated heterocycles. The topological polar surface area (TPSA) is 60.9 Å². The third-order valence-electron chi connectivity index (χ3n) is 3.86. The van der Waals surface area contributed by atoms with Crippen molar-refractivity contribution in [3.63, 3.8) is 0 Å². The fourth-order valence-corrected chi connectivity index (χ4v) is 3.62. The van der Waals surface area contributed by atoms with Crippen LogP contribution in [0, 0.1) is 13.8 Å². The Labute approximate surface area is 127 Å². The van der Waals surface area contributed by atoms with E-state index in [-0.39, 0.29) is 0 Å². The number of aliphatic hydroxyl groups excluding tert-OH is 1. The van der Waals surface area contributed by atoms with Crippen LogP contribution in [0.3, 0.4) is 0 Å². The molecule has 1 aromatic carbocycles. The Morgan fingerprint density at radius 3 is 2.10 bits per heavy atom. The number of nitrogens with zero attached hydrogens (tertiary/aromatic N) is 2. The van der Waals surface area contributed by atoms with Gasteiger partial charge in [-0.25, -0.2) is 8.42 Å². The van der Waals surface area contributed by atoms with Gasteiger partial charge in [-0.1, -0.05) is 29.3 Å². The van der Waals surface area contributed by atoms with E-state index in [9.17, 15) is 13.5 Å². The number of rotatable bonds is 4. The first kappa shape index (κ1) is 16.4. The predicted molar refractivity (Wildman–Crippen MR) is 83.7 cm³/mol. The number of hydrogen-bond acceptors (Lipinski definition) is 4. The summed E-state index contributed by atoms with van der Waals surface area (Å²) in [5, 5.41) is 10.4. The number of hydrogen-bond donors (Lipinski definition) is 1. The van der Waals surface area contributed by atoms with Gasteiger partial charge in [-0.2, -0.15) is 4.31 Å². The average molecular weight is 312 g/mol. The van der Waals surface area contributed by atoms with Gasteiger partial charge in [0.2, 0.25) is 10.0 Å². The van der Waals surface area contributed by atoms with E-state index < -0.39 is 16.1 Å². The molecule has 0 radical (unpaired) electrons. The molecule has 1 aliphatic heterocycles. The van der Waals surface area contributed by atoms with Crippen LogP contribution in [0.2, 0.25) is 0 Å². The molecule has 1 unspecified atom stereocenters. The third kappa shape index (κ3) is 4.51. The van der Waals surface area contributed by atoms with Gasteiger partial charge in [0.25, 0.3) is 0 Å². The maximum absolute atomic E-state index is 11.5. The van der Waals surface area contributed by atoms with E-state index in [1.165, 1.54) is 10.6 Å². The quantitative estimate of drug-likeness (QED) is 0.898. The molecule has 0 aliphatic carbocycles. The first-order valence-electron chi connectivity index (χ1n) is 7.19. The molecule has 21 heavy (non-hydrogen) atoms. The normalized spacial score (nSPS) is 19.6. The lowest BCUT2D eigenvalue weighted by Gasteiger charge is -2.34. The Morgan fingerprint density at radius 1 is 1.10 bits per heavy atom. The second-order valence-electron chi connectivity index (χ2n) is 5.90. The van der Waals surface area contributed by atoms with Gasteiger partial charge >= 0.3 is 0 Å². The fourth-order valence-electron chi connectivity index (χ4n) is 2.80. The molecule has 0 bridgehead atoms. The number of piperazine rings is 1. The molecule has 2 rings (SSSR count). The van der Waals surface area contributed by atoms with Crippen molar-refractivity contribution in [1.29, 1.82) is 0 Å². The summed E-state index contributed by atoms with van der Waals surface area (Å²) < 4.78 is 24.4. The summed E-state index contributed by atoms with van der Waals surface area (Å²) in [6.07, 6.45) is 0.709. The Kier molecular flexibility index (Phi) is 5.03. The summed E-state index contributed by atoms with van der Waals surface area (Å²) in [7, 11) is -3.10. The number of aliphatic hydroxyl groups is 1. The molecule has 0 amide bonds. The minimum atomic E-state index is -3.10. The van der Waals surface area contributed by atoms with Crippen molar-refractivity contribution in [3.05, 3.63) is 34.9 Å². The predicted octanol–water partition coefficient (Wildman–Crippen LogP) is 0.914. The lowest BCUT2D eigenvalue weighted by atomic mass is 10.0. The van der Waals surface area contributed by atoms with Crippen molar-refractivity contribution in [1.82, 2.24) is 9.21 Å². The van der Waals surface area contributed by atoms with Gasteiger partial charge in [0.15, 0.2) is 0 Å². The minimum Gasteiger partial charge on any atom is -0.387 e. The lowest BCUT2D eigenvalue weighted by Crippen LogP contribution is -2.49. The molecule has 1 N–H and O–H groups in total. The van der Waals surface area contributed by atoms with Crippen LogP contribution in [-0.2, 0) is 10.0 Å². The van der Waals surface area contributed by atoms with Crippen LogP contribution < -0.4 is 0 Å². The summed E-state index contributed by atoms with van der Waals surface area (Å²) in [6, 6.07) is 6.09. The highest BCUT2D eigenvalue weighted by Gasteiger charge is 2.24.